The molecule has 1 heterocycles. The number of benzene rings is 2. The maximum Gasteiger partial charge on any atom is 0.319 e. The highest BCUT2D eigenvalue weighted by atomic mass is 32.1. The highest BCUT2D eigenvalue weighted by Gasteiger charge is 2.24. The zero-order valence-corrected chi connectivity index (χ0v) is 16.5. The van der Waals surface area contributed by atoms with E-state index >= 15 is 0 Å². The van der Waals surface area contributed by atoms with Gasteiger partial charge in [-0.05, 0) is 42.3 Å². The number of hydrogen-bond acceptors (Lipinski definition) is 4. The fraction of sp³-hybridized carbons (Fsp3) is 0.190. The zero-order chi connectivity index (χ0) is 19.9. The van der Waals surface area contributed by atoms with Crippen molar-refractivity contribution in [2.75, 3.05) is 10.6 Å². The van der Waals surface area contributed by atoms with Gasteiger partial charge in [0.25, 0.3) is 0 Å². The van der Waals surface area contributed by atoms with Crippen LogP contribution in [-0.2, 0) is 4.79 Å². The summed E-state index contributed by atoms with van der Waals surface area (Å²) in [5.74, 6) is -0.337. The molecule has 0 radical (unpaired) electrons. The van der Waals surface area contributed by atoms with E-state index in [0.717, 1.165) is 10.6 Å². The van der Waals surface area contributed by atoms with E-state index in [0.29, 0.717) is 11.4 Å². The summed E-state index contributed by atoms with van der Waals surface area (Å²) in [4.78, 5) is 29.2. The van der Waals surface area contributed by atoms with Crippen molar-refractivity contribution in [1.29, 1.82) is 0 Å². The van der Waals surface area contributed by atoms with E-state index in [1.807, 2.05) is 61.7 Å². The van der Waals surface area contributed by atoms with Gasteiger partial charge in [0.2, 0.25) is 5.91 Å². The van der Waals surface area contributed by atoms with Gasteiger partial charge in [-0.25, -0.2) is 9.78 Å². The number of thiazole rings is 1. The number of urea groups is 1. The van der Waals surface area contributed by atoms with Gasteiger partial charge in [0, 0.05) is 28.5 Å². The fourth-order valence-corrected chi connectivity index (χ4v) is 3.29. The number of amides is 3. The summed E-state index contributed by atoms with van der Waals surface area (Å²) >= 11 is 1.56. The van der Waals surface area contributed by atoms with E-state index in [1.54, 1.807) is 29.7 Å². The number of anilines is 2. The van der Waals surface area contributed by atoms with E-state index in [2.05, 4.69) is 20.9 Å². The minimum Gasteiger partial charge on any atom is -0.326 e. The first-order valence-corrected chi connectivity index (χ1v) is 9.84. The van der Waals surface area contributed by atoms with Crippen LogP contribution >= 0.6 is 11.3 Å². The lowest BCUT2D eigenvalue weighted by Crippen LogP contribution is -2.48. The highest BCUT2D eigenvalue weighted by Crippen LogP contribution is 2.23. The minimum atomic E-state index is -0.664. The molecule has 6 nitrogen and oxygen atoms in total. The first kappa shape index (κ1) is 19.6. The number of carbonyl (C=O) groups excluding carboxylic acids is 2. The van der Waals surface area contributed by atoms with Gasteiger partial charge in [-0.2, -0.15) is 0 Å². The van der Waals surface area contributed by atoms with Crippen LogP contribution in [0.2, 0.25) is 0 Å². The number of rotatable bonds is 6. The molecule has 3 N–H and O–H groups in total. The van der Waals surface area contributed by atoms with Gasteiger partial charge >= 0.3 is 6.03 Å². The molecule has 0 saturated heterocycles. The van der Waals surface area contributed by atoms with Gasteiger partial charge in [-0.15, -0.1) is 11.3 Å². The molecule has 28 heavy (non-hydrogen) atoms. The molecule has 0 aliphatic carbocycles. The summed E-state index contributed by atoms with van der Waals surface area (Å²) < 4.78 is 0. The highest BCUT2D eigenvalue weighted by molar-refractivity contribution is 7.13. The van der Waals surface area contributed by atoms with Crippen molar-refractivity contribution in [3.63, 3.8) is 0 Å². The average molecular weight is 395 g/mol. The smallest absolute Gasteiger partial charge is 0.319 e. The second kappa shape index (κ2) is 9.14. The molecule has 1 atom stereocenters. The normalized spacial score (nSPS) is 11.7. The summed E-state index contributed by atoms with van der Waals surface area (Å²) in [6.07, 6.45) is 1.76. The lowest BCUT2D eigenvalue weighted by molar-refractivity contribution is -0.118. The maximum atomic E-state index is 12.7. The van der Waals surface area contributed by atoms with Crippen LogP contribution in [0.25, 0.3) is 10.6 Å². The molecule has 0 fully saturated rings. The average Bonchev–Trinajstić information content (AvgIpc) is 3.22. The standard InChI is InChI=1S/C21H22N4O2S/c1-14(2)18(25-21(27)24-16-6-4-3-5-7-16)19(26)23-17-10-8-15(9-11-17)20-22-12-13-28-20/h3-14,18H,1-2H3,(H,23,26)(H2,24,25,27). The molecular formula is C21H22N4O2S. The Kier molecular flexibility index (Phi) is 6.39. The number of aromatic nitrogens is 1. The summed E-state index contributed by atoms with van der Waals surface area (Å²) in [5.41, 5.74) is 2.33. The van der Waals surface area contributed by atoms with Crippen LogP contribution < -0.4 is 16.0 Å². The number of nitrogens with zero attached hydrogens (tertiary/aromatic N) is 1. The summed E-state index contributed by atoms with van der Waals surface area (Å²) in [6, 6.07) is 15.5. The molecule has 3 rings (SSSR count). The summed E-state index contributed by atoms with van der Waals surface area (Å²) in [7, 11) is 0. The maximum absolute atomic E-state index is 12.7. The molecule has 144 valence electrons. The van der Waals surface area contributed by atoms with E-state index in [4.69, 9.17) is 0 Å². The number of para-hydroxylation sites is 1. The summed E-state index contributed by atoms with van der Waals surface area (Å²) in [6.45, 7) is 3.78. The van der Waals surface area contributed by atoms with Crippen molar-refractivity contribution in [1.82, 2.24) is 10.3 Å². The van der Waals surface area contributed by atoms with Crippen molar-refractivity contribution in [3.05, 3.63) is 66.2 Å². The molecular weight excluding hydrogens is 372 g/mol. The third-order valence-electron chi connectivity index (χ3n) is 4.10. The molecule has 2 aromatic carbocycles. The van der Waals surface area contributed by atoms with Gasteiger partial charge in [0.1, 0.15) is 11.0 Å². The first-order chi connectivity index (χ1) is 13.5. The predicted octanol–water partition coefficient (Wildman–Crippen LogP) is 4.59. The molecule has 0 saturated carbocycles. The molecule has 0 spiro atoms. The third-order valence-corrected chi connectivity index (χ3v) is 4.92. The Morgan fingerprint density at radius 1 is 0.929 bits per heavy atom. The lowest BCUT2D eigenvalue weighted by atomic mass is 10.0. The third kappa shape index (κ3) is 5.17. The van der Waals surface area contributed by atoms with Crippen molar-refractivity contribution in [3.8, 4) is 10.6 Å². The van der Waals surface area contributed by atoms with Crippen LogP contribution in [0.4, 0.5) is 16.2 Å². The molecule has 1 unspecified atom stereocenters. The molecule has 7 heteroatoms. The van der Waals surface area contributed by atoms with Gasteiger partial charge in [-0.3, -0.25) is 4.79 Å². The molecule has 0 bridgehead atoms. The summed E-state index contributed by atoms with van der Waals surface area (Å²) in [5, 5.41) is 11.2. The Bertz CT molecular complexity index is 909. The van der Waals surface area contributed by atoms with Crippen LogP contribution in [0.1, 0.15) is 13.8 Å². The van der Waals surface area contributed by atoms with Gasteiger partial charge < -0.3 is 16.0 Å². The van der Waals surface area contributed by atoms with Crippen LogP contribution in [0.3, 0.4) is 0 Å². The Balaban J connectivity index is 1.62. The second-order valence-electron chi connectivity index (χ2n) is 6.59. The van der Waals surface area contributed by atoms with Crippen LogP contribution in [0.15, 0.2) is 66.2 Å². The van der Waals surface area contributed by atoms with Crippen molar-refractivity contribution >= 4 is 34.6 Å². The lowest BCUT2D eigenvalue weighted by Gasteiger charge is -2.22. The predicted molar refractivity (Wildman–Crippen MR) is 113 cm³/mol. The van der Waals surface area contributed by atoms with Crippen LogP contribution in [0.5, 0.6) is 0 Å². The van der Waals surface area contributed by atoms with E-state index in [9.17, 15) is 9.59 Å². The fourth-order valence-electron chi connectivity index (χ4n) is 2.65. The van der Waals surface area contributed by atoms with E-state index in [-0.39, 0.29) is 11.8 Å². The Morgan fingerprint density at radius 3 is 2.21 bits per heavy atom. The number of hydrogen-bond donors (Lipinski definition) is 3. The van der Waals surface area contributed by atoms with Crippen LogP contribution in [0, 0.1) is 5.92 Å². The zero-order valence-electron chi connectivity index (χ0n) is 15.7. The Hall–Kier alpha value is -3.19. The topological polar surface area (TPSA) is 83.1 Å². The molecule has 3 amide bonds. The Morgan fingerprint density at radius 2 is 1.61 bits per heavy atom. The SMILES string of the molecule is CC(C)C(NC(=O)Nc1ccccc1)C(=O)Nc1ccc(-c2nccs2)cc1. The quantitative estimate of drug-likeness (QED) is 0.572. The monoisotopic (exact) mass is 394 g/mol. The van der Waals surface area contributed by atoms with E-state index in [1.165, 1.54) is 0 Å². The van der Waals surface area contributed by atoms with Crippen molar-refractivity contribution in [2.45, 2.75) is 19.9 Å². The number of nitrogens with one attached hydrogen (secondary N) is 3. The second-order valence-corrected chi connectivity index (χ2v) is 7.48. The van der Waals surface area contributed by atoms with Crippen molar-refractivity contribution in [2.24, 2.45) is 5.92 Å². The molecule has 0 aliphatic heterocycles. The van der Waals surface area contributed by atoms with Crippen molar-refractivity contribution < 1.29 is 9.59 Å². The molecule has 1 aromatic heterocycles. The van der Waals surface area contributed by atoms with Gasteiger partial charge in [-0.1, -0.05) is 32.0 Å². The van der Waals surface area contributed by atoms with Gasteiger partial charge in [0.15, 0.2) is 0 Å². The number of carbonyl (C=O) groups is 2. The Labute approximate surface area is 168 Å². The van der Waals surface area contributed by atoms with Crippen LogP contribution in [-0.4, -0.2) is 23.0 Å². The van der Waals surface area contributed by atoms with E-state index < -0.39 is 12.1 Å². The minimum absolute atomic E-state index is 0.0730. The van der Waals surface area contributed by atoms with Gasteiger partial charge in [0.05, 0.1) is 0 Å². The first-order valence-electron chi connectivity index (χ1n) is 8.96. The largest absolute Gasteiger partial charge is 0.326 e. The molecule has 3 aromatic rings. The molecule has 0 aliphatic rings.